The molecule has 0 aliphatic heterocycles. The zero-order chi connectivity index (χ0) is 18.5. The third kappa shape index (κ3) is 4.51. The van der Waals surface area contributed by atoms with Crippen LogP contribution in [-0.4, -0.2) is 27.5 Å². The van der Waals surface area contributed by atoms with Crippen molar-refractivity contribution in [2.24, 2.45) is 0 Å². The molecule has 0 fully saturated rings. The SMILES string of the molecule is CCCNc1ncc(-c2cc(-c3ccccc3Cl)nc(NC(C)C)n2)s1. The Bertz CT molecular complexity index is 878. The zero-order valence-electron chi connectivity index (χ0n) is 15.1. The Labute approximate surface area is 162 Å². The summed E-state index contributed by atoms with van der Waals surface area (Å²) >= 11 is 7.96. The molecule has 0 spiro atoms. The van der Waals surface area contributed by atoms with Gasteiger partial charge in [0, 0.05) is 29.4 Å². The fraction of sp³-hybridized carbons (Fsp3) is 0.316. The fourth-order valence-corrected chi connectivity index (χ4v) is 3.44. The van der Waals surface area contributed by atoms with Gasteiger partial charge in [0.2, 0.25) is 5.95 Å². The third-order valence-corrected chi connectivity index (χ3v) is 4.89. The van der Waals surface area contributed by atoms with Gasteiger partial charge in [-0.15, -0.1) is 0 Å². The second kappa shape index (κ2) is 8.47. The molecule has 0 unspecified atom stereocenters. The molecule has 3 rings (SSSR count). The molecule has 0 aliphatic rings. The van der Waals surface area contributed by atoms with Gasteiger partial charge in [-0.05, 0) is 32.4 Å². The molecule has 0 atom stereocenters. The molecule has 2 aromatic heterocycles. The molecular weight excluding hydrogens is 366 g/mol. The van der Waals surface area contributed by atoms with Crippen molar-refractivity contribution < 1.29 is 0 Å². The largest absolute Gasteiger partial charge is 0.362 e. The van der Waals surface area contributed by atoms with Crippen LogP contribution < -0.4 is 10.6 Å². The molecule has 26 heavy (non-hydrogen) atoms. The minimum atomic E-state index is 0.229. The van der Waals surface area contributed by atoms with Crippen molar-refractivity contribution in [1.29, 1.82) is 0 Å². The summed E-state index contributed by atoms with van der Waals surface area (Å²) in [5.41, 5.74) is 2.51. The first-order valence-corrected chi connectivity index (χ1v) is 9.87. The fourth-order valence-electron chi connectivity index (χ4n) is 2.41. The lowest BCUT2D eigenvalue weighted by atomic mass is 10.1. The predicted molar refractivity (Wildman–Crippen MR) is 111 cm³/mol. The average molecular weight is 388 g/mol. The third-order valence-electron chi connectivity index (χ3n) is 3.58. The van der Waals surface area contributed by atoms with Gasteiger partial charge >= 0.3 is 0 Å². The molecule has 0 aliphatic carbocycles. The first-order valence-electron chi connectivity index (χ1n) is 8.67. The number of thiazole rings is 1. The van der Waals surface area contributed by atoms with Crippen LogP contribution in [0.15, 0.2) is 36.5 Å². The lowest BCUT2D eigenvalue weighted by Gasteiger charge is -2.12. The van der Waals surface area contributed by atoms with E-state index in [-0.39, 0.29) is 6.04 Å². The highest BCUT2D eigenvalue weighted by molar-refractivity contribution is 7.18. The van der Waals surface area contributed by atoms with E-state index >= 15 is 0 Å². The Balaban J connectivity index is 2.02. The van der Waals surface area contributed by atoms with E-state index in [2.05, 4.69) is 46.4 Å². The lowest BCUT2D eigenvalue weighted by Crippen LogP contribution is -2.13. The van der Waals surface area contributed by atoms with Gasteiger partial charge in [0.1, 0.15) is 0 Å². The van der Waals surface area contributed by atoms with Gasteiger partial charge in [0.05, 0.1) is 16.3 Å². The molecule has 1 aromatic carbocycles. The van der Waals surface area contributed by atoms with Crippen LogP contribution in [0.4, 0.5) is 11.1 Å². The van der Waals surface area contributed by atoms with Crippen LogP contribution >= 0.6 is 22.9 Å². The Morgan fingerprint density at radius 1 is 1.15 bits per heavy atom. The second-order valence-electron chi connectivity index (χ2n) is 6.20. The minimum Gasteiger partial charge on any atom is -0.362 e. The van der Waals surface area contributed by atoms with Gasteiger partial charge < -0.3 is 10.6 Å². The van der Waals surface area contributed by atoms with Gasteiger partial charge in [0.15, 0.2) is 5.13 Å². The molecule has 2 heterocycles. The summed E-state index contributed by atoms with van der Waals surface area (Å²) in [7, 11) is 0. The van der Waals surface area contributed by atoms with E-state index in [9.17, 15) is 0 Å². The second-order valence-corrected chi connectivity index (χ2v) is 7.64. The van der Waals surface area contributed by atoms with Crippen LogP contribution in [0, 0.1) is 0 Å². The van der Waals surface area contributed by atoms with Crippen molar-refractivity contribution in [1.82, 2.24) is 15.0 Å². The number of rotatable bonds is 7. The molecule has 0 radical (unpaired) electrons. The number of benzene rings is 1. The highest BCUT2D eigenvalue weighted by atomic mass is 35.5. The van der Waals surface area contributed by atoms with E-state index in [1.807, 2.05) is 36.5 Å². The number of hydrogen-bond donors (Lipinski definition) is 2. The quantitative estimate of drug-likeness (QED) is 0.555. The molecular formula is C19H22ClN5S. The molecule has 3 aromatic rings. The molecule has 0 bridgehead atoms. The Morgan fingerprint density at radius 2 is 1.92 bits per heavy atom. The van der Waals surface area contributed by atoms with E-state index in [0.717, 1.165) is 39.9 Å². The summed E-state index contributed by atoms with van der Waals surface area (Å²) < 4.78 is 0. The van der Waals surface area contributed by atoms with Gasteiger partial charge in [0.25, 0.3) is 0 Å². The molecule has 0 amide bonds. The Hall–Kier alpha value is -2.18. The topological polar surface area (TPSA) is 62.7 Å². The first-order chi connectivity index (χ1) is 12.6. The smallest absolute Gasteiger partial charge is 0.224 e. The van der Waals surface area contributed by atoms with Crippen molar-refractivity contribution in [2.75, 3.05) is 17.2 Å². The van der Waals surface area contributed by atoms with Crippen molar-refractivity contribution >= 4 is 34.0 Å². The Morgan fingerprint density at radius 3 is 2.65 bits per heavy atom. The highest BCUT2D eigenvalue weighted by Crippen LogP contribution is 2.33. The monoisotopic (exact) mass is 387 g/mol. The van der Waals surface area contributed by atoms with Gasteiger partial charge in [-0.1, -0.05) is 48.1 Å². The van der Waals surface area contributed by atoms with Gasteiger partial charge in [-0.25, -0.2) is 15.0 Å². The summed E-state index contributed by atoms with van der Waals surface area (Å²) in [6, 6.07) is 9.90. The van der Waals surface area contributed by atoms with Crippen LogP contribution in [0.5, 0.6) is 0 Å². The van der Waals surface area contributed by atoms with E-state index in [1.54, 1.807) is 11.3 Å². The van der Waals surface area contributed by atoms with Gasteiger partial charge in [-0.3, -0.25) is 0 Å². The van der Waals surface area contributed by atoms with Crippen molar-refractivity contribution in [2.45, 2.75) is 33.2 Å². The average Bonchev–Trinajstić information content (AvgIpc) is 3.08. The van der Waals surface area contributed by atoms with E-state index in [1.165, 1.54) is 0 Å². The van der Waals surface area contributed by atoms with Crippen LogP contribution in [0.25, 0.3) is 21.8 Å². The Kier molecular flexibility index (Phi) is 6.06. The van der Waals surface area contributed by atoms with E-state index in [0.29, 0.717) is 11.0 Å². The maximum atomic E-state index is 6.38. The zero-order valence-corrected chi connectivity index (χ0v) is 16.7. The van der Waals surface area contributed by atoms with E-state index in [4.69, 9.17) is 11.6 Å². The van der Waals surface area contributed by atoms with Crippen molar-refractivity contribution in [3.63, 3.8) is 0 Å². The number of anilines is 2. The molecule has 0 saturated heterocycles. The summed E-state index contributed by atoms with van der Waals surface area (Å²) in [5.74, 6) is 0.587. The van der Waals surface area contributed by atoms with Crippen LogP contribution in [0.1, 0.15) is 27.2 Å². The number of halogens is 1. The predicted octanol–water partition coefficient (Wildman–Crippen LogP) is 5.56. The maximum Gasteiger partial charge on any atom is 0.224 e. The lowest BCUT2D eigenvalue weighted by molar-refractivity contribution is 0.876. The van der Waals surface area contributed by atoms with Crippen LogP contribution in [0.2, 0.25) is 5.02 Å². The molecule has 7 heteroatoms. The highest BCUT2D eigenvalue weighted by Gasteiger charge is 2.13. The van der Waals surface area contributed by atoms with Crippen LogP contribution in [-0.2, 0) is 0 Å². The minimum absolute atomic E-state index is 0.229. The number of nitrogens with one attached hydrogen (secondary N) is 2. The first kappa shape index (κ1) is 18.6. The normalized spacial score (nSPS) is 11.0. The molecule has 2 N–H and O–H groups in total. The summed E-state index contributed by atoms with van der Waals surface area (Å²) in [5, 5.41) is 8.17. The standard InChI is InChI=1S/C19H22ClN5S/c1-4-9-21-19-22-11-17(26-19)16-10-15(13-7-5-6-8-14(13)20)24-18(25-16)23-12(2)3/h5-8,10-12H,4,9H2,1-3H3,(H,21,22)(H,23,24,25). The van der Waals surface area contributed by atoms with Crippen molar-refractivity contribution in [3.8, 4) is 21.8 Å². The van der Waals surface area contributed by atoms with Gasteiger partial charge in [-0.2, -0.15) is 0 Å². The van der Waals surface area contributed by atoms with Crippen molar-refractivity contribution in [3.05, 3.63) is 41.6 Å². The van der Waals surface area contributed by atoms with Crippen LogP contribution in [0.3, 0.4) is 0 Å². The summed E-state index contributed by atoms with van der Waals surface area (Å²) in [4.78, 5) is 14.8. The maximum absolute atomic E-state index is 6.38. The number of nitrogens with zero attached hydrogens (tertiary/aromatic N) is 3. The van der Waals surface area contributed by atoms with E-state index < -0.39 is 0 Å². The number of hydrogen-bond acceptors (Lipinski definition) is 6. The summed E-state index contributed by atoms with van der Waals surface area (Å²) in [6.07, 6.45) is 2.90. The molecule has 5 nitrogen and oxygen atoms in total. The summed E-state index contributed by atoms with van der Waals surface area (Å²) in [6.45, 7) is 7.16. The molecule has 136 valence electrons. The number of aromatic nitrogens is 3. The molecule has 0 saturated carbocycles.